The van der Waals surface area contributed by atoms with Crippen LogP contribution in [-0.2, 0) is 24.2 Å². The van der Waals surface area contributed by atoms with Crippen molar-refractivity contribution in [3.63, 3.8) is 0 Å². The van der Waals surface area contributed by atoms with Gasteiger partial charge in [-0.25, -0.2) is 9.97 Å². The molecule has 4 aromatic rings. The van der Waals surface area contributed by atoms with Crippen molar-refractivity contribution in [2.45, 2.75) is 39.2 Å². The van der Waals surface area contributed by atoms with E-state index >= 15 is 0 Å². The summed E-state index contributed by atoms with van der Waals surface area (Å²) in [5.74, 6) is -0.582. The van der Waals surface area contributed by atoms with Crippen LogP contribution in [0.15, 0.2) is 72.9 Å². The highest BCUT2D eigenvalue weighted by Gasteiger charge is 2.24. The lowest BCUT2D eigenvalue weighted by Gasteiger charge is -2.33. The number of aryl methyl sites for hydroxylation is 1. The van der Waals surface area contributed by atoms with E-state index in [1.165, 1.54) is 0 Å². The summed E-state index contributed by atoms with van der Waals surface area (Å²) in [5, 5.41) is 20.6. The lowest BCUT2D eigenvalue weighted by molar-refractivity contribution is -0.135. The average Bonchev–Trinajstić information content (AvgIpc) is 3.04. The number of aromatic nitrogens is 3. The Morgan fingerprint density at radius 1 is 0.977 bits per heavy atom. The third-order valence-corrected chi connectivity index (χ3v) is 7.76. The Kier molecular flexibility index (Phi) is 10.1. The second-order valence-electron chi connectivity index (χ2n) is 11.0. The molecule has 1 aliphatic heterocycles. The molecule has 1 aliphatic rings. The Balaban J connectivity index is 1.22. The molecular formula is C34H37N5O5. The molecule has 0 unspecified atom stereocenters. The predicted molar refractivity (Wildman–Crippen MR) is 167 cm³/mol. The molecule has 3 N–H and O–H groups in total. The third-order valence-electron chi connectivity index (χ3n) is 7.76. The van der Waals surface area contributed by atoms with Crippen molar-refractivity contribution in [3.8, 4) is 17.0 Å². The fraction of sp³-hybridized carbons (Fsp3) is 0.324. The number of pyridine rings is 1. The van der Waals surface area contributed by atoms with Crippen molar-refractivity contribution < 1.29 is 24.5 Å². The van der Waals surface area contributed by atoms with Crippen LogP contribution < -0.4 is 15.0 Å². The molecule has 1 amide bonds. The van der Waals surface area contributed by atoms with Gasteiger partial charge in [-0.2, -0.15) is 0 Å². The monoisotopic (exact) mass is 595 g/mol. The molecular weight excluding hydrogens is 558 g/mol. The topological polar surface area (TPSA) is 138 Å². The number of nitrogens with one attached hydrogen (secondary N) is 1. The van der Waals surface area contributed by atoms with Gasteiger partial charge in [-0.3, -0.25) is 14.6 Å². The van der Waals surface area contributed by atoms with E-state index in [1.54, 1.807) is 6.92 Å². The SMILES string of the molecule is Cc1nc(CC2CCN(c3ccc(-c4ccc(CCO)cn4)cc3)CC2)nc(C(=O)NCC(=O)O)c1OCc1ccccc1. The Labute approximate surface area is 256 Å². The molecule has 10 heteroatoms. The van der Waals surface area contributed by atoms with Gasteiger partial charge in [0.05, 0.1) is 11.4 Å². The first-order valence-corrected chi connectivity index (χ1v) is 14.8. The first-order valence-electron chi connectivity index (χ1n) is 14.8. The zero-order chi connectivity index (χ0) is 30.9. The molecule has 10 nitrogen and oxygen atoms in total. The number of anilines is 1. The van der Waals surface area contributed by atoms with Crippen LogP contribution in [0.5, 0.6) is 5.75 Å². The largest absolute Gasteiger partial charge is 0.485 e. The second-order valence-corrected chi connectivity index (χ2v) is 11.0. The van der Waals surface area contributed by atoms with Crippen LogP contribution in [0.3, 0.4) is 0 Å². The maximum absolute atomic E-state index is 13.0. The number of hydrogen-bond acceptors (Lipinski definition) is 8. The highest BCUT2D eigenvalue weighted by atomic mass is 16.5. The van der Waals surface area contributed by atoms with E-state index < -0.39 is 18.4 Å². The summed E-state index contributed by atoms with van der Waals surface area (Å²) in [4.78, 5) is 40.2. The molecule has 44 heavy (non-hydrogen) atoms. The number of aliphatic hydroxyl groups excluding tert-OH is 1. The standard InChI is InChI=1S/C34H37N5O5/c1-23-33(44-22-26-5-3-2-4-6-26)32(34(43)36-21-31(41)42)38-30(37-23)19-24-13-16-39(17-14-24)28-10-8-27(9-11-28)29-12-7-25(15-18-40)20-35-29/h2-12,20,24,40H,13-19,21-22H2,1H3,(H,36,43)(H,41,42). The van der Waals surface area contributed by atoms with Crippen molar-refractivity contribution in [3.05, 3.63) is 101 Å². The molecule has 2 aromatic heterocycles. The fourth-order valence-corrected chi connectivity index (χ4v) is 5.38. The smallest absolute Gasteiger partial charge is 0.322 e. The maximum atomic E-state index is 13.0. The number of amides is 1. The van der Waals surface area contributed by atoms with E-state index in [1.807, 2.05) is 48.7 Å². The van der Waals surface area contributed by atoms with Crippen molar-refractivity contribution in [2.75, 3.05) is 31.1 Å². The minimum Gasteiger partial charge on any atom is -0.485 e. The van der Waals surface area contributed by atoms with Gasteiger partial charge in [-0.05, 0) is 61.4 Å². The molecule has 2 aromatic carbocycles. The van der Waals surface area contributed by atoms with Crippen LogP contribution in [0.1, 0.15) is 46.0 Å². The number of carboxylic acids is 1. The first kappa shape index (κ1) is 30.6. The highest BCUT2D eigenvalue weighted by molar-refractivity contribution is 5.96. The molecule has 0 atom stereocenters. The number of benzene rings is 2. The maximum Gasteiger partial charge on any atom is 0.322 e. The molecule has 0 radical (unpaired) electrons. The molecule has 228 valence electrons. The Bertz CT molecular complexity index is 1550. The molecule has 5 rings (SSSR count). The van der Waals surface area contributed by atoms with Crippen molar-refractivity contribution in [1.82, 2.24) is 20.3 Å². The number of piperidine rings is 1. The zero-order valence-corrected chi connectivity index (χ0v) is 24.8. The summed E-state index contributed by atoms with van der Waals surface area (Å²) in [6.07, 6.45) is 4.93. The van der Waals surface area contributed by atoms with E-state index in [4.69, 9.17) is 14.9 Å². The number of rotatable bonds is 12. The molecule has 0 aliphatic carbocycles. The summed E-state index contributed by atoms with van der Waals surface area (Å²) in [5.41, 5.74) is 5.65. The molecule has 0 bridgehead atoms. The minimum absolute atomic E-state index is 0.0553. The Hall–Kier alpha value is -4.83. The number of carbonyl (C=O) groups is 2. The van der Waals surface area contributed by atoms with Crippen LogP contribution in [0.4, 0.5) is 5.69 Å². The Morgan fingerprint density at radius 2 is 1.73 bits per heavy atom. The van der Waals surface area contributed by atoms with Gasteiger partial charge < -0.3 is 25.2 Å². The third kappa shape index (κ3) is 7.96. The van der Waals surface area contributed by atoms with Crippen LogP contribution in [0.2, 0.25) is 0 Å². The number of aliphatic hydroxyl groups is 1. The lowest BCUT2D eigenvalue weighted by atomic mass is 9.92. The molecule has 1 fully saturated rings. The summed E-state index contributed by atoms with van der Waals surface area (Å²) >= 11 is 0. The summed E-state index contributed by atoms with van der Waals surface area (Å²) in [7, 11) is 0. The summed E-state index contributed by atoms with van der Waals surface area (Å²) < 4.78 is 5.99. The minimum atomic E-state index is -1.14. The predicted octanol–water partition coefficient (Wildman–Crippen LogP) is 4.23. The van der Waals surface area contributed by atoms with E-state index in [9.17, 15) is 9.59 Å². The summed E-state index contributed by atoms with van der Waals surface area (Å²) in [6, 6.07) is 22.0. The molecule has 3 heterocycles. The van der Waals surface area contributed by atoms with Crippen LogP contribution in [0.25, 0.3) is 11.3 Å². The first-order chi connectivity index (χ1) is 21.4. The highest BCUT2D eigenvalue weighted by Crippen LogP contribution is 2.29. The molecule has 1 saturated heterocycles. The number of nitrogens with zero attached hydrogens (tertiary/aromatic N) is 4. The number of hydrogen-bond donors (Lipinski definition) is 3. The number of carboxylic acid groups (broad SMARTS) is 1. The van der Waals surface area contributed by atoms with E-state index in [2.05, 4.69) is 49.4 Å². The molecule has 0 saturated carbocycles. The van der Waals surface area contributed by atoms with E-state index in [0.29, 0.717) is 30.3 Å². The number of aliphatic carboxylic acids is 1. The van der Waals surface area contributed by atoms with Crippen LogP contribution in [-0.4, -0.2) is 63.3 Å². The number of carbonyl (C=O) groups excluding carboxylic acids is 1. The van der Waals surface area contributed by atoms with Gasteiger partial charge in [-0.15, -0.1) is 0 Å². The normalized spacial score (nSPS) is 13.5. The van der Waals surface area contributed by atoms with Gasteiger partial charge in [0, 0.05) is 43.6 Å². The van der Waals surface area contributed by atoms with E-state index in [-0.39, 0.29) is 24.7 Å². The van der Waals surface area contributed by atoms with Crippen molar-refractivity contribution in [2.24, 2.45) is 5.92 Å². The zero-order valence-electron chi connectivity index (χ0n) is 24.8. The van der Waals surface area contributed by atoms with Gasteiger partial charge in [-0.1, -0.05) is 48.5 Å². The van der Waals surface area contributed by atoms with Gasteiger partial charge in [0.25, 0.3) is 5.91 Å². The van der Waals surface area contributed by atoms with E-state index in [0.717, 1.165) is 54.0 Å². The quantitative estimate of drug-likeness (QED) is 0.220. The van der Waals surface area contributed by atoms with Crippen LogP contribution >= 0.6 is 0 Å². The molecule has 0 spiro atoms. The van der Waals surface area contributed by atoms with Crippen LogP contribution in [0, 0.1) is 12.8 Å². The van der Waals surface area contributed by atoms with Gasteiger partial charge in [0.1, 0.15) is 19.0 Å². The fourth-order valence-electron chi connectivity index (χ4n) is 5.38. The van der Waals surface area contributed by atoms with Gasteiger partial charge in [0.15, 0.2) is 11.4 Å². The number of ether oxygens (including phenoxy) is 1. The van der Waals surface area contributed by atoms with Gasteiger partial charge in [0.2, 0.25) is 0 Å². The van der Waals surface area contributed by atoms with Gasteiger partial charge >= 0.3 is 5.97 Å². The van der Waals surface area contributed by atoms with Crippen molar-refractivity contribution >= 4 is 17.6 Å². The Morgan fingerprint density at radius 3 is 2.39 bits per heavy atom. The second kappa shape index (κ2) is 14.6. The average molecular weight is 596 g/mol. The van der Waals surface area contributed by atoms with Crippen molar-refractivity contribution in [1.29, 1.82) is 0 Å². The summed E-state index contributed by atoms with van der Waals surface area (Å²) in [6.45, 7) is 3.40. The lowest BCUT2D eigenvalue weighted by Crippen LogP contribution is -2.34.